The second kappa shape index (κ2) is 5.29. The smallest absolute Gasteiger partial charge is 0.213 e. The molecule has 1 unspecified atom stereocenters. The highest BCUT2D eigenvalue weighted by Gasteiger charge is 2.10. The molecule has 0 aliphatic rings. The molecule has 0 spiro atoms. The van der Waals surface area contributed by atoms with Crippen LogP contribution < -0.4 is 10.0 Å². The first-order valence-corrected chi connectivity index (χ1v) is 5.44. The van der Waals surface area contributed by atoms with Crippen LogP contribution in [0.4, 0.5) is 0 Å². The van der Waals surface area contributed by atoms with Crippen molar-refractivity contribution < 1.29 is 8.42 Å². The summed E-state index contributed by atoms with van der Waals surface area (Å²) in [6, 6.07) is -0.202. The van der Waals surface area contributed by atoms with Gasteiger partial charge in [-0.05, 0) is 14.0 Å². The average Bonchev–Trinajstić information content (AvgIpc) is 2.00. The van der Waals surface area contributed by atoms with Crippen molar-refractivity contribution in [2.75, 3.05) is 19.3 Å². The van der Waals surface area contributed by atoms with Crippen LogP contribution in [0.3, 0.4) is 0 Å². The van der Waals surface area contributed by atoms with Crippen LogP contribution in [-0.4, -0.2) is 33.8 Å². The molecule has 5 heteroatoms. The van der Waals surface area contributed by atoms with E-state index in [0.29, 0.717) is 6.54 Å². The predicted molar refractivity (Wildman–Crippen MR) is 50.5 cm³/mol. The predicted octanol–water partition coefficient (Wildman–Crippen LogP) is -0.300. The van der Waals surface area contributed by atoms with Crippen LogP contribution in [0.5, 0.6) is 0 Å². The van der Waals surface area contributed by atoms with E-state index in [-0.39, 0.29) is 11.8 Å². The minimum atomic E-state index is -3.14. The van der Waals surface area contributed by atoms with Crippen molar-refractivity contribution in [2.45, 2.75) is 13.0 Å². The van der Waals surface area contributed by atoms with Gasteiger partial charge in [0, 0.05) is 12.6 Å². The Morgan fingerprint density at radius 3 is 2.58 bits per heavy atom. The lowest BCUT2D eigenvalue weighted by Gasteiger charge is -2.09. The third-order valence-corrected chi connectivity index (χ3v) is 2.81. The fraction of sp³-hybridized carbons (Fsp3) is 0.714. The Bertz CT molecular complexity index is 224. The van der Waals surface area contributed by atoms with Gasteiger partial charge in [-0.2, -0.15) is 0 Å². The number of hydrogen-bond acceptors (Lipinski definition) is 3. The van der Waals surface area contributed by atoms with E-state index in [1.807, 2.05) is 0 Å². The van der Waals surface area contributed by atoms with Crippen LogP contribution in [0, 0.1) is 0 Å². The molecule has 12 heavy (non-hydrogen) atoms. The molecular weight excluding hydrogens is 176 g/mol. The van der Waals surface area contributed by atoms with Crippen molar-refractivity contribution in [3.05, 3.63) is 12.7 Å². The zero-order valence-electron chi connectivity index (χ0n) is 7.50. The van der Waals surface area contributed by atoms with Crippen molar-refractivity contribution in [3.8, 4) is 0 Å². The van der Waals surface area contributed by atoms with Gasteiger partial charge in [-0.1, -0.05) is 6.08 Å². The molecule has 0 amide bonds. The van der Waals surface area contributed by atoms with E-state index in [1.165, 1.54) is 0 Å². The third kappa shape index (κ3) is 5.29. The summed E-state index contributed by atoms with van der Waals surface area (Å²) in [6.45, 7) is 5.68. The summed E-state index contributed by atoms with van der Waals surface area (Å²) in [7, 11) is -1.42. The maximum Gasteiger partial charge on any atom is 0.213 e. The molecule has 0 bridgehead atoms. The molecule has 0 aromatic rings. The molecule has 0 rings (SSSR count). The summed E-state index contributed by atoms with van der Waals surface area (Å²) in [5.74, 6) is 0.0989. The fourth-order valence-corrected chi connectivity index (χ4v) is 1.88. The largest absolute Gasteiger partial charge is 0.319 e. The zero-order chi connectivity index (χ0) is 9.61. The summed E-state index contributed by atoms with van der Waals surface area (Å²) in [5.41, 5.74) is 0. The summed E-state index contributed by atoms with van der Waals surface area (Å²) in [6.07, 6.45) is 1.55. The lowest BCUT2D eigenvalue weighted by Crippen LogP contribution is -2.35. The Morgan fingerprint density at radius 1 is 1.58 bits per heavy atom. The number of nitrogens with one attached hydrogen (secondary N) is 2. The SMILES string of the molecule is C=CC(C)NS(=O)(=O)CCNC. The second-order valence-corrected chi connectivity index (χ2v) is 4.44. The van der Waals surface area contributed by atoms with Crippen molar-refractivity contribution in [1.29, 1.82) is 0 Å². The van der Waals surface area contributed by atoms with Gasteiger partial charge in [-0.3, -0.25) is 0 Å². The molecule has 0 aliphatic carbocycles. The van der Waals surface area contributed by atoms with Crippen LogP contribution >= 0.6 is 0 Å². The molecule has 4 nitrogen and oxygen atoms in total. The number of sulfonamides is 1. The van der Waals surface area contributed by atoms with E-state index >= 15 is 0 Å². The summed E-state index contributed by atoms with van der Waals surface area (Å²) < 4.78 is 24.8. The van der Waals surface area contributed by atoms with Crippen LogP contribution in [0.1, 0.15) is 6.92 Å². The summed E-state index contributed by atoms with van der Waals surface area (Å²) >= 11 is 0. The van der Waals surface area contributed by atoms with Crippen LogP contribution in [0.25, 0.3) is 0 Å². The van der Waals surface area contributed by atoms with Gasteiger partial charge in [0.2, 0.25) is 10.0 Å². The molecule has 0 radical (unpaired) electrons. The van der Waals surface area contributed by atoms with E-state index in [0.717, 1.165) is 0 Å². The molecule has 72 valence electrons. The van der Waals surface area contributed by atoms with Crippen LogP contribution in [0.15, 0.2) is 12.7 Å². The maximum absolute atomic E-state index is 11.2. The molecule has 0 aromatic heterocycles. The van der Waals surface area contributed by atoms with Crippen molar-refractivity contribution >= 4 is 10.0 Å². The van der Waals surface area contributed by atoms with Gasteiger partial charge in [-0.15, -0.1) is 6.58 Å². The van der Waals surface area contributed by atoms with Crippen molar-refractivity contribution in [3.63, 3.8) is 0 Å². The Hall–Kier alpha value is -0.390. The lowest BCUT2D eigenvalue weighted by atomic mass is 10.4. The first-order chi connectivity index (χ1) is 5.52. The average molecular weight is 192 g/mol. The van der Waals surface area contributed by atoms with Gasteiger partial charge in [0.1, 0.15) is 0 Å². The minimum Gasteiger partial charge on any atom is -0.319 e. The zero-order valence-corrected chi connectivity index (χ0v) is 8.32. The highest BCUT2D eigenvalue weighted by molar-refractivity contribution is 7.89. The van der Waals surface area contributed by atoms with Gasteiger partial charge in [0.25, 0.3) is 0 Å². The number of rotatable bonds is 6. The molecule has 0 saturated carbocycles. The second-order valence-electron chi connectivity index (χ2n) is 2.56. The normalized spacial score (nSPS) is 14.2. The first kappa shape index (κ1) is 11.6. The van der Waals surface area contributed by atoms with E-state index in [2.05, 4.69) is 16.6 Å². The van der Waals surface area contributed by atoms with E-state index in [1.54, 1.807) is 20.0 Å². The highest BCUT2D eigenvalue weighted by Crippen LogP contribution is 1.88. The minimum absolute atomic E-state index is 0.0989. The van der Waals surface area contributed by atoms with E-state index in [9.17, 15) is 8.42 Å². The molecule has 2 N–H and O–H groups in total. The van der Waals surface area contributed by atoms with E-state index < -0.39 is 10.0 Å². The Kier molecular flexibility index (Phi) is 5.12. The summed E-state index contributed by atoms with van der Waals surface area (Å²) in [5, 5.41) is 2.77. The van der Waals surface area contributed by atoms with Crippen molar-refractivity contribution in [1.82, 2.24) is 10.0 Å². The number of hydrogen-bond donors (Lipinski definition) is 2. The highest BCUT2D eigenvalue weighted by atomic mass is 32.2. The lowest BCUT2D eigenvalue weighted by molar-refractivity contribution is 0.574. The van der Waals surface area contributed by atoms with Gasteiger partial charge < -0.3 is 5.32 Å². The molecule has 0 aromatic carbocycles. The van der Waals surface area contributed by atoms with E-state index in [4.69, 9.17) is 0 Å². The topological polar surface area (TPSA) is 58.2 Å². The molecular formula is C7H16N2O2S. The molecule has 0 heterocycles. The monoisotopic (exact) mass is 192 g/mol. The van der Waals surface area contributed by atoms with Gasteiger partial charge in [-0.25, -0.2) is 13.1 Å². The Labute approximate surface area is 74.1 Å². The standard InChI is InChI=1S/C7H16N2O2S/c1-4-7(2)9-12(10,11)6-5-8-3/h4,7-9H,1,5-6H2,2-3H3. The molecule has 0 saturated heterocycles. The molecule has 0 fully saturated rings. The van der Waals surface area contributed by atoms with Crippen molar-refractivity contribution in [2.24, 2.45) is 0 Å². The third-order valence-electron chi connectivity index (χ3n) is 1.34. The van der Waals surface area contributed by atoms with Gasteiger partial charge >= 0.3 is 0 Å². The molecule has 1 atom stereocenters. The maximum atomic E-state index is 11.2. The van der Waals surface area contributed by atoms with Crippen LogP contribution in [0.2, 0.25) is 0 Å². The fourth-order valence-electron chi connectivity index (χ4n) is 0.627. The molecule has 0 aliphatic heterocycles. The van der Waals surface area contributed by atoms with Crippen LogP contribution in [-0.2, 0) is 10.0 Å². The van der Waals surface area contributed by atoms with Gasteiger partial charge in [0.05, 0.1) is 5.75 Å². The van der Waals surface area contributed by atoms with Gasteiger partial charge in [0.15, 0.2) is 0 Å². The Morgan fingerprint density at radius 2 is 2.17 bits per heavy atom. The summed E-state index contributed by atoms with van der Waals surface area (Å²) in [4.78, 5) is 0. The first-order valence-electron chi connectivity index (χ1n) is 3.79. The quantitative estimate of drug-likeness (QED) is 0.568. The Balaban J connectivity index is 3.96.